The quantitative estimate of drug-likeness (QED) is 0.695. The lowest BCUT2D eigenvalue weighted by Crippen LogP contribution is -2.31. The molecule has 0 heterocycles. The molecular formula is C18H18ClF3N2O3S. The van der Waals surface area contributed by atoms with E-state index in [-0.39, 0.29) is 25.1 Å². The largest absolute Gasteiger partial charge is 0.417 e. The van der Waals surface area contributed by atoms with Crippen LogP contribution in [-0.2, 0) is 21.0 Å². The molecule has 2 rings (SSSR count). The molecule has 10 heteroatoms. The zero-order valence-corrected chi connectivity index (χ0v) is 16.4. The van der Waals surface area contributed by atoms with Crippen LogP contribution in [0.3, 0.4) is 0 Å². The van der Waals surface area contributed by atoms with Crippen molar-refractivity contribution in [1.82, 2.24) is 0 Å². The number of nitrogens with zero attached hydrogens (tertiary/aromatic N) is 1. The number of para-hydroxylation sites is 1. The van der Waals surface area contributed by atoms with E-state index in [0.29, 0.717) is 5.69 Å². The number of amides is 1. The number of alkyl halides is 3. The zero-order chi connectivity index (χ0) is 20.9. The van der Waals surface area contributed by atoms with Crippen molar-refractivity contribution >= 4 is 38.9 Å². The predicted octanol–water partition coefficient (Wildman–Crippen LogP) is 4.54. The molecule has 28 heavy (non-hydrogen) atoms. The van der Waals surface area contributed by atoms with Gasteiger partial charge in [-0.1, -0.05) is 29.8 Å². The average molecular weight is 435 g/mol. The molecule has 0 saturated carbocycles. The third kappa shape index (κ3) is 6.13. The van der Waals surface area contributed by atoms with Gasteiger partial charge in [-0.15, -0.1) is 0 Å². The van der Waals surface area contributed by atoms with Crippen LogP contribution >= 0.6 is 11.6 Å². The first-order valence-corrected chi connectivity index (χ1v) is 10.4. The standard InChI is InChI=1S/C18H18ClF3N2O3S/c1-28(26,27)24(14-6-3-2-4-7-14)11-5-8-17(25)23-13-9-10-16(19)15(12-13)18(20,21)22/h2-4,6-7,9-10,12H,5,8,11H2,1H3,(H,23,25). The first-order valence-electron chi connectivity index (χ1n) is 8.18. The Balaban J connectivity index is 1.99. The maximum absolute atomic E-state index is 12.9. The molecule has 0 radical (unpaired) electrons. The number of nitrogens with one attached hydrogen (secondary N) is 1. The minimum atomic E-state index is -4.64. The number of hydrogen-bond acceptors (Lipinski definition) is 3. The first kappa shape index (κ1) is 22.0. The van der Waals surface area contributed by atoms with Crippen molar-refractivity contribution in [3.05, 3.63) is 59.1 Å². The first-order chi connectivity index (χ1) is 13.0. The molecule has 0 aliphatic rings. The van der Waals surface area contributed by atoms with E-state index < -0.39 is 32.7 Å². The lowest BCUT2D eigenvalue weighted by molar-refractivity contribution is -0.137. The summed E-state index contributed by atoms with van der Waals surface area (Å²) in [5.74, 6) is -0.531. The van der Waals surface area contributed by atoms with Gasteiger partial charge in [-0.3, -0.25) is 9.10 Å². The van der Waals surface area contributed by atoms with Crippen molar-refractivity contribution in [3.8, 4) is 0 Å². The summed E-state index contributed by atoms with van der Waals surface area (Å²) in [5.41, 5.74) is -0.609. The van der Waals surface area contributed by atoms with E-state index in [1.807, 2.05) is 0 Å². The monoisotopic (exact) mass is 434 g/mol. The van der Waals surface area contributed by atoms with Gasteiger partial charge in [0.15, 0.2) is 0 Å². The van der Waals surface area contributed by atoms with Crippen molar-refractivity contribution in [1.29, 1.82) is 0 Å². The van der Waals surface area contributed by atoms with Gasteiger partial charge in [-0.05, 0) is 36.8 Å². The number of rotatable bonds is 7. The minimum absolute atomic E-state index is 0.0373. The molecule has 0 aliphatic heterocycles. The van der Waals surface area contributed by atoms with Crippen molar-refractivity contribution in [2.75, 3.05) is 22.4 Å². The van der Waals surface area contributed by atoms with Crippen molar-refractivity contribution in [3.63, 3.8) is 0 Å². The Labute approximate surface area is 166 Å². The fraction of sp³-hybridized carbons (Fsp3) is 0.278. The van der Waals surface area contributed by atoms with Crippen LogP contribution in [0.4, 0.5) is 24.5 Å². The highest BCUT2D eigenvalue weighted by Crippen LogP contribution is 2.36. The molecule has 2 aromatic rings. The van der Waals surface area contributed by atoms with Crippen LogP contribution in [0.2, 0.25) is 5.02 Å². The molecule has 0 fully saturated rings. The molecule has 152 valence electrons. The lowest BCUT2D eigenvalue weighted by atomic mass is 10.2. The normalized spacial score (nSPS) is 11.9. The Morgan fingerprint density at radius 2 is 1.79 bits per heavy atom. The summed E-state index contributed by atoms with van der Waals surface area (Å²) >= 11 is 5.54. The highest BCUT2D eigenvalue weighted by Gasteiger charge is 2.33. The van der Waals surface area contributed by atoms with Gasteiger partial charge in [0.1, 0.15) is 0 Å². The third-order valence-electron chi connectivity index (χ3n) is 3.77. The van der Waals surface area contributed by atoms with E-state index >= 15 is 0 Å². The van der Waals surface area contributed by atoms with Crippen LogP contribution in [0, 0.1) is 0 Å². The molecule has 1 N–H and O–H groups in total. The van der Waals surface area contributed by atoms with Crippen molar-refractivity contribution in [2.24, 2.45) is 0 Å². The Kier molecular flexibility index (Phi) is 6.95. The van der Waals surface area contributed by atoms with Gasteiger partial charge in [-0.25, -0.2) is 8.42 Å². The lowest BCUT2D eigenvalue weighted by Gasteiger charge is -2.22. The topological polar surface area (TPSA) is 66.5 Å². The van der Waals surface area contributed by atoms with Crippen LogP contribution in [0.15, 0.2) is 48.5 Å². The summed E-state index contributed by atoms with van der Waals surface area (Å²) in [4.78, 5) is 12.0. The van der Waals surface area contributed by atoms with Gasteiger partial charge >= 0.3 is 6.18 Å². The van der Waals surface area contributed by atoms with Crippen LogP contribution in [0.5, 0.6) is 0 Å². The molecular weight excluding hydrogens is 417 g/mol. The Hall–Kier alpha value is -2.26. The van der Waals surface area contributed by atoms with Gasteiger partial charge in [0.25, 0.3) is 0 Å². The van der Waals surface area contributed by atoms with E-state index in [9.17, 15) is 26.4 Å². The van der Waals surface area contributed by atoms with E-state index in [2.05, 4.69) is 5.32 Å². The maximum atomic E-state index is 12.9. The van der Waals surface area contributed by atoms with Crippen LogP contribution in [0.1, 0.15) is 18.4 Å². The summed E-state index contributed by atoms with van der Waals surface area (Å²) in [5, 5.41) is 1.91. The molecule has 0 aromatic heterocycles. The maximum Gasteiger partial charge on any atom is 0.417 e. The number of anilines is 2. The van der Waals surface area contributed by atoms with Crippen molar-refractivity contribution < 1.29 is 26.4 Å². The van der Waals surface area contributed by atoms with Crippen LogP contribution in [0.25, 0.3) is 0 Å². The Bertz CT molecular complexity index is 935. The highest BCUT2D eigenvalue weighted by molar-refractivity contribution is 7.92. The predicted molar refractivity (Wildman–Crippen MR) is 103 cm³/mol. The summed E-state index contributed by atoms with van der Waals surface area (Å²) < 4.78 is 63.7. The van der Waals surface area contributed by atoms with Gasteiger partial charge in [-0.2, -0.15) is 13.2 Å². The number of halogens is 4. The zero-order valence-electron chi connectivity index (χ0n) is 14.8. The molecule has 0 unspecified atom stereocenters. The van der Waals surface area contributed by atoms with E-state index in [4.69, 9.17) is 11.6 Å². The van der Waals surface area contributed by atoms with Crippen LogP contribution in [-0.4, -0.2) is 27.1 Å². The summed E-state index contributed by atoms with van der Waals surface area (Å²) in [6.45, 7) is 0.0602. The second-order valence-corrected chi connectivity index (χ2v) is 8.33. The molecule has 0 aliphatic carbocycles. The smallest absolute Gasteiger partial charge is 0.326 e. The molecule has 0 atom stereocenters. The van der Waals surface area contributed by atoms with Gasteiger partial charge < -0.3 is 5.32 Å². The van der Waals surface area contributed by atoms with Gasteiger partial charge in [0.2, 0.25) is 15.9 Å². The fourth-order valence-electron chi connectivity index (χ4n) is 2.51. The summed E-state index contributed by atoms with van der Waals surface area (Å²) in [6.07, 6.45) is -3.45. The SMILES string of the molecule is CS(=O)(=O)N(CCCC(=O)Nc1ccc(Cl)c(C(F)(F)F)c1)c1ccccc1. The van der Waals surface area contributed by atoms with Crippen molar-refractivity contribution in [2.45, 2.75) is 19.0 Å². The van der Waals surface area contributed by atoms with E-state index in [0.717, 1.165) is 18.4 Å². The number of sulfonamides is 1. The molecule has 0 saturated heterocycles. The second-order valence-electron chi connectivity index (χ2n) is 6.01. The number of carbonyl (C=O) groups is 1. The van der Waals surface area contributed by atoms with E-state index in [1.54, 1.807) is 30.3 Å². The van der Waals surface area contributed by atoms with Gasteiger partial charge in [0, 0.05) is 18.7 Å². The molecule has 0 bridgehead atoms. The number of carbonyl (C=O) groups excluding carboxylic acids is 1. The highest BCUT2D eigenvalue weighted by atomic mass is 35.5. The van der Waals surface area contributed by atoms with Gasteiger partial charge in [0.05, 0.1) is 22.5 Å². The molecule has 5 nitrogen and oxygen atoms in total. The molecule has 2 aromatic carbocycles. The van der Waals surface area contributed by atoms with Crippen LogP contribution < -0.4 is 9.62 Å². The summed E-state index contributed by atoms with van der Waals surface area (Å²) in [6, 6.07) is 11.5. The fourth-order valence-corrected chi connectivity index (χ4v) is 3.70. The summed E-state index contributed by atoms with van der Waals surface area (Å²) in [7, 11) is -3.54. The van der Waals surface area contributed by atoms with E-state index in [1.165, 1.54) is 10.4 Å². The Morgan fingerprint density at radius 1 is 1.14 bits per heavy atom. The second kappa shape index (κ2) is 8.83. The molecule has 0 spiro atoms. The number of hydrogen-bond donors (Lipinski definition) is 1. The Morgan fingerprint density at radius 3 is 2.36 bits per heavy atom. The molecule has 1 amide bonds. The minimum Gasteiger partial charge on any atom is -0.326 e. The average Bonchev–Trinajstić information content (AvgIpc) is 2.59. The number of benzene rings is 2. The third-order valence-corrected chi connectivity index (χ3v) is 5.29.